The van der Waals surface area contributed by atoms with E-state index in [1.807, 2.05) is 12.1 Å². The molecule has 16 heavy (non-hydrogen) atoms. The molecule has 0 amide bonds. The molecule has 2 rings (SSSR count). The average Bonchev–Trinajstić information content (AvgIpc) is 2.33. The van der Waals surface area contributed by atoms with Gasteiger partial charge in [0, 0.05) is 4.90 Å². The molecule has 1 nitrogen and oxygen atoms in total. The van der Waals surface area contributed by atoms with E-state index in [4.69, 9.17) is 0 Å². The molecule has 1 saturated carbocycles. The van der Waals surface area contributed by atoms with Crippen LogP contribution in [0.25, 0.3) is 0 Å². The maximum Gasteiger partial charge on any atom is 0.118 e. The van der Waals surface area contributed by atoms with Gasteiger partial charge in [0.1, 0.15) is 5.75 Å². The van der Waals surface area contributed by atoms with Crippen LogP contribution in [-0.2, 0) is 6.42 Å². The van der Waals surface area contributed by atoms with Crippen LogP contribution in [-0.4, -0.2) is 11.4 Å². The second kappa shape index (κ2) is 5.62. The van der Waals surface area contributed by atoms with Gasteiger partial charge in [0.05, 0.1) is 0 Å². The number of hydrogen-bond acceptors (Lipinski definition) is 2. The van der Waals surface area contributed by atoms with Gasteiger partial charge < -0.3 is 5.11 Å². The van der Waals surface area contributed by atoms with Crippen molar-refractivity contribution >= 4 is 11.8 Å². The third kappa shape index (κ3) is 2.94. The van der Waals surface area contributed by atoms with Gasteiger partial charge in [-0.25, -0.2) is 0 Å². The van der Waals surface area contributed by atoms with Gasteiger partial charge in [-0.05, 0) is 42.4 Å². The summed E-state index contributed by atoms with van der Waals surface area (Å²) >= 11 is 1.74. The predicted molar refractivity (Wildman–Crippen MR) is 70.2 cm³/mol. The number of benzene rings is 1. The Morgan fingerprint density at radius 3 is 2.69 bits per heavy atom. The maximum absolute atomic E-state index is 9.85. The summed E-state index contributed by atoms with van der Waals surface area (Å²) in [5.74, 6) is 1.26. The maximum atomic E-state index is 9.85. The quantitative estimate of drug-likeness (QED) is 0.792. The third-order valence-corrected chi connectivity index (χ3v) is 4.25. The van der Waals surface area contributed by atoms with Gasteiger partial charge in [0.25, 0.3) is 0 Å². The largest absolute Gasteiger partial charge is 0.508 e. The van der Waals surface area contributed by atoms with Crippen LogP contribution < -0.4 is 0 Å². The van der Waals surface area contributed by atoms with E-state index in [-0.39, 0.29) is 0 Å². The summed E-state index contributed by atoms with van der Waals surface area (Å²) in [7, 11) is 0. The first kappa shape index (κ1) is 11.8. The monoisotopic (exact) mass is 236 g/mol. The molecule has 0 spiro atoms. The highest BCUT2D eigenvalue weighted by Crippen LogP contribution is 2.31. The standard InChI is InChI=1S/C14H20OS/c1-16-13-7-8-14(15)12(10-13)9-11-5-3-2-4-6-11/h7-8,10-11,15H,2-6,9H2,1H3. The first-order valence-electron chi connectivity index (χ1n) is 6.15. The molecule has 0 bridgehead atoms. The lowest BCUT2D eigenvalue weighted by Crippen LogP contribution is -2.09. The molecule has 0 radical (unpaired) electrons. The van der Waals surface area contributed by atoms with Crippen molar-refractivity contribution < 1.29 is 5.11 Å². The van der Waals surface area contributed by atoms with Crippen LogP contribution in [0.1, 0.15) is 37.7 Å². The first-order chi connectivity index (χ1) is 7.79. The van der Waals surface area contributed by atoms with Crippen LogP contribution in [0.5, 0.6) is 5.75 Å². The zero-order chi connectivity index (χ0) is 11.4. The lowest BCUT2D eigenvalue weighted by molar-refractivity contribution is 0.351. The highest BCUT2D eigenvalue weighted by molar-refractivity contribution is 7.98. The smallest absolute Gasteiger partial charge is 0.118 e. The van der Waals surface area contributed by atoms with Crippen molar-refractivity contribution in [1.29, 1.82) is 0 Å². The Kier molecular flexibility index (Phi) is 4.16. The van der Waals surface area contributed by atoms with Gasteiger partial charge in [0.15, 0.2) is 0 Å². The molecule has 1 aromatic carbocycles. The van der Waals surface area contributed by atoms with Gasteiger partial charge in [-0.1, -0.05) is 32.1 Å². The molecule has 0 aromatic heterocycles. The van der Waals surface area contributed by atoms with E-state index >= 15 is 0 Å². The molecule has 88 valence electrons. The van der Waals surface area contributed by atoms with E-state index < -0.39 is 0 Å². The highest BCUT2D eigenvalue weighted by Gasteiger charge is 2.15. The minimum absolute atomic E-state index is 0.475. The van der Waals surface area contributed by atoms with E-state index in [1.54, 1.807) is 11.8 Å². The van der Waals surface area contributed by atoms with Crippen molar-refractivity contribution in [2.45, 2.75) is 43.4 Å². The Balaban J connectivity index is 2.06. The Bertz CT molecular complexity index is 343. The van der Waals surface area contributed by atoms with Gasteiger partial charge >= 0.3 is 0 Å². The Morgan fingerprint density at radius 1 is 1.25 bits per heavy atom. The summed E-state index contributed by atoms with van der Waals surface area (Å²) in [5.41, 5.74) is 1.14. The zero-order valence-corrected chi connectivity index (χ0v) is 10.7. The minimum atomic E-state index is 0.475. The van der Waals surface area contributed by atoms with Crippen molar-refractivity contribution in [3.63, 3.8) is 0 Å². The van der Waals surface area contributed by atoms with E-state index in [2.05, 4.69) is 12.3 Å². The molecule has 2 heteroatoms. The van der Waals surface area contributed by atoms with Gasteiger partial charge in [0.2, 0.25) is 0 Å². The summed E-state index contributed by atoms with van der Waals surface area (Å²) in [4.78, 5) is 1.25. The molecule has 0 atom stereocenters. The summed E-state index contributed by atoms with van der Waals surface area (Å²) in [5, 5.41) is 9.85. The number of phenolic OH excluding ortho intramolecular Hbond substituents is 1. The lowest BCUT2D eigenvalue weighted by Gasteiger charge is -2.22. The molecular weight excluding hydrogens is 216 g/mol. The Labute approximate surface area is 102 Å². The molecule has 1 aliphatic carbocycles. The topological polar surface area (TPSA) is 20.2 Å². The van der Waals surface area contributed by atoms with Gasteiger partial charge in [-0.15, -0.1) is 11.8 Å². The van der Waals surface area contributed by atoms with E-state index in [0.717, 1.165) is 17.9 Å². The van der Waals surface area contributed by atoms with Crippen LogP contribution in [0.15, 0.2) is 23.1 Å². The van der Waals surface area contributed by atoms with Crippen molar-refractivity contribution in [2.75, 3.05) is 6.26 Å². The van der Waals surface area contributed by atoms with E-state index in [9.17, 15) is 5.11 Å². The fourth-order valence-electron chi connectivity index (χ4n) is 2.55. The first-order valence-corrected chi connectivity index (χ1v) is 7.38. The molecular formula is C14H20OS. The van der Waals surface area contributed by atoms with Crippen LogP contribution >= 0.6 is 11.8 Å². The van der Waals surface area contributed by atoms with Crippen molar-refractivity contribution in [1.82, 2.24) is 0 Å². The number of hydrogen-bond donors (Lipinski definition) is 1. The molecule has 0 heterocycles. The molecule has 1 aliphatic rings. The predicted octanol–water partition coefficient (Wildman–Crippen LogP) is 4.24. The Hall–Kier alpha value is -0.630. The molecule has 1 N–H and O–H groups in total. The van der Waals surface area contributed by atoms with Gasteiger partial charge in [-0.2, -0.15) is 0 Å². The van der Waals surface area contributed by atoms with Crippen LogP contribution in [0.2, 0.25) is 0 Å². The SMILES string of the molecule is CSc1ccc(O)c(CC2CCCCC2)c1. The summed E-state index contributed by atoms with van der Waals surface area (Å²) in [6.45, 7) is 0. The van der Waals surface area contributed by atoms with Crippen LogP contribution in [0, 0.1) is 5.92 Å². The van der Waals surface area contributed by atoms with Crippen LogP contribution in [0.3, 0.4) is 0 Å². The second-order valence-corrected chi connectivity index (χ2v) is 5.58. The lowest BCUT2D eigenvalue weighted by atomic mass is 9.85. The number of phenols is 1. The zero-order valence-electron chi connectivity index (χ0n) is 9.91. The second-order valence-electron chi connectivity index (χ2n) is 4.70. The fraction of sp³-hybridized carbons (Fsp3) is 0.571. The summed E-state index contributed by atoms with van der Waals surface area (Å²) < 4.78 is 0. The highest BCUT2D eigenvalue weighted by atomic mass is 32.2. The Morgan fingerprint density at radius 2 is 2.00 bits per heavy atom. The fourth-order valence-corrected chi connectivity index (χ4v) is 3.02. The van der Waals surface area contributed by atoms with E-state index in [0.29, 0.717) is 5.75 Å². The van der Waals surface area contributed by atoms with Crippen molar-refractivity contribution in [2.24, 2.45) is 5.92 Å². The van der Waals surface area contributed by atoms with E-state index in [1.165, 1.54) is 37.0 Å². The number of rotatable bonds is 3. The third-order valence-electron chi connectivity index (χ3n) is 3.52. The molecule has 0 saturated heterocycles. The van der Waals surface area contributed by atoms with Crippen molar-refractivity contribution in [3.05, 3.63) is 23.8 Å². The number of aromatic hydroxyl groups is 1. The molecule has 0 aliphatic heterocycles. The summed E-state index contributed by atoms with van der Waals surface area (Å²) in [6, 6.07) is 5.98. The number of thioether (sulfide) groups is 1. The van der Waals surface area contributed by atoms with Crippen LogP contribution in [0.4, 0.5) is 0 Å². The van der Waals surface area contributed by atoms with Crippen molar-refractivity contribution in [3.8, 4) is 5.75 Å². The average molecular weight is 236 g/mol. The molecule has 0 unspecified atom stereocenters. The minimum Gasteiger partial charge on any atom is -0.508 e. The summed E-state index contributed by atoms with van der Waals surface area (Å²) in [6.07, 6.45) is 9.94. The molecule has 1 aromatic rings. The molecule has 1 fully saturated rings. The normalized spacial score (nSPS) is 17.6. The van der Waals surface area contributed by atoms with Gasteiger partial charge in [-0.3, -0.25) is 0 Å².